The summed E-state index contributed by atoms with van der Waals surface area (Å²) >= 11 is 0. The maximum absolute atomic E-state index is 13.7. The van der Waals surface area contributed by atoms with E-state index in [0.29, 0.717) is 17.0 Å². The highest BCUT2D eigenvalue weighted by Crippen LogP contribution is 2.41. The van der Waals surface area contributed by atoms with Crippen LogP contribution in [0.5, 0.6) is 0 Å². The molecule has 2 aromatic carbocycles. The number of halogens is 1. The Kier molecular flexibility index (Phi) is 4.44. The molecule has 6 heteroatoms. The highest BCUT2D eigenvalue weighted by Gasteiger charge is 2.44. The number of aryl methyl sites for hydroxylation is 1. The molecule has 0 saturated carbocycles. The molecule has 0 unspecified atom stereocenters. The van der Waals surface area contributed by atoms with E-state index >= 15 is 0 Å². The number of hydrogen-bond acceptors (Lipinski definition) is 3. The van der Waals surface area contributed by atoms with E-state index < -0.39 is 11.7 Å². The number of carbonyl (C=O) groups excluding carboxylic acids is 2. The molecule has 140 valence electrons. The lowest BCUT2D eigenvalue weighted by Gasteiger charge is -2.32. The minimum absolute atomic E-state index is 0.125. The number of benzene rings is 2. The average molecular weight is 368 g/mol. The van der Waals surface area contributed by atoms with Gasteiger partial charge in [0, 0.05) is 17.7 Å². The van der Waals surface area contributed by atoms with Crippen LogP contribution in [0.1, 0.15) is 39.9 Å². The van der Waals surface area contributed by atoms with Gasteiger partial charge in [-0.1, -0.05) is 24.3 Å². The largest absolute Gasteiger partial charge is 0.356 e. The molecule has 2 aromatic rings. The summed E-state index contributed by atoms with van der Waals surface area (Å²) in [6.45, 7) is 0.506. The third-order valence-electron chi connectivity index (χ3n) is 5.74. The number of rotatable bonds is 3. The molecule has 1 atom stereocenters. The Morgan fingerprint density at radius 1 is 1.19 bits per heavy atom. The fourth-order valence-electron chi connectivity index (χ4n) is 4.12. The number of carbonyl (C=O) groups is 2. The van der Waals surface area contributed by atoms with Crippen LogP contribution in [0.2, 0.25) is 0 Å². The van der Waals surface area contributed by atoms with Crippen molar-refractivity contribution in [3.63, 3.8) is 0 Å². The van der Waals surface area contributed by atoms with Gasteiger partial charge in [0.1, 0.15) is 5.82 Å². The van der Waals surface area contributed by atoms with E-state index in [1.165, 1.54) is 12.1 Å². The first-order valence-corrected chi connectivity index (χ1v) is 9.13. The van der Waals surface area contributed by atoms with Crippen molar-refractivity contribution in [3.8, 4) is 0 Å². The molecule has 5 nitrogen and oxygen atoms in total. The van der Waals surface area contributed by atoms with Crippen LogP contribution in [0.15, 0.2) is 42.5 Å². The molecule has 1 heterocycles. The van der Waals surface area contributed by atoms with Gasteiger partial charge in [-0.3, -0.25) is 14.8 Å². The molecule has 0 radical (unpaired) electrons. The second-order valence-corrected chi connectivity index (χ2v) is 7.40. The van der Waals surface area contributed by atoms with Gasteiger partial charge in [0.2, 0.25) is 5.91 Å². The monoisotopic (exact) mass is 368 g/mol. The van der Waals surface area contributed by atoms with Crippen molar-refractivity contribution in [3.05, 3.63) is 70.5 Å². The molecule has 1 aliphatic carbocycles. The maximum atomic E-state index is 13.7. The van der Waals surface area contributed by atoms with Gasteiger partial charge in [-0.15, -0.1) is 0 Å². The third-order valence-corrected chi connectivity index (χ3v) is 5.74. The van der Waals surface area contributed by atoms with E-state index in [0.717, 1.165) is 36.9 Å². The van der Waals surface area contributed by atoms with Crippen LogP contribution in [0.25, 0.3) is 0 Å². The molecule has 1 spiro atoms. The van der Waals surface area contributed by atoms with Crippen LogP contribution < -0.4 is 5.32 Å². The van der Waals surface area contributed by atoms with Crippen molar-refractivity contribution in [2.75, 3.05) is 6.54 Å². The smallest absolute Gasteiger partial charge is 0.277 e. The van der Waals surface area contributed by atoms with E-state index in [1.807, 2.05) is 6.07 Å². The summed E-state index contributed by atoms with van der Waals surface area (Å²) in [5.74, 6) is -0.908. The van der Waals surface area contributed by atoms with Crippen LogP contribution in [0.3, 0.4) is 0 Å². The van der Waals surface area contributed by atoms with E-state index in [1.54, 1.807) is 24.3 Å². The van der Waals surface area contributed by atoms with Gasteiger partial charge in [-0.2, -0.15) is 0 Å². The lowest BCUT2D eigenvalue weighted by Crippen LogP contribution is -2.36. The molecular formula is C21H21FN2O3. The zero-order valence-corrected chi connectivity index (χ0v) is 14.9. The highest BCUT2D eigenvalue weighted by molar-refractivity contribution is 5.94. The minimum atomic E-state index is -0.569. The zero-order valence-electron chi connectivity index (χ0n) is 14.9. The van der Waals surface area contributed by atoms with Crippen molar-refractivity contribution in [2.24, 2.45) is 5.41 Å². The summed E-state index contributed by atoms with van der Waals surface area (Å²) in [6, 6.07) is 11.4. The fraction of sp³-hybridized carbons (Fsp3) is 0.333. The molecule has 0 bridgehead atoms. The predicted molar refractivity (Wildman–Crippen MR) is 96.6 cm³/mol. The Bertz CT molecular complexity index is 914. The van der Waals surface area contributed by atoms with Gasteiger partial charge >= 0.3 is 0 Å². The summed E-state index contributed by atoms with van der Waals surface area (Å²) in [4.78, 5) is 24.7. The number of fused-ring (bicyclic) bond motifs is 1. The Labute approximate surface area is 156 Å². The van der Waals surface area contributed by atoms with Crippen LogP contribution in [-0.4, -0.2) is 28.6 Å². The topological polar surface area (TPSA) is 69.6 Å². The number of hydrogen-bond donors (Lipinski definition) is 2. The van der Waals surface area contributed by atoms with Crippen molar-refractivity contribution in [1.82, 2.24) is 10.4 Å². The first-order valence-electron chi connectivity index (χ1n) is 9.13. The fourth-order valence-corrected chi connectivity index (χ4v) is 4.12. The lowest BCUT2D eigenvalue weighted by molar-refractivity contribution is -0.128. The predicted octanol–water partition coefficient (Wildman–Crippen LogP) is 2.85. The van der Waals surface area contributed by atoms with E-state index in [9.17, 15) is 19.2 Å². The lowest BCUT2D eigenvalue weighted by atomic mass is 9.70. The van der Waals surface area contributed by atoms with Gasteiger partial charge in [0.05, 0.1) is 12.0 Å². The Morgan fingerprint density at radius 3 is 2.74 bits per heavy atom. The highest BCUT2D eigenvalue weighted by atomic mass is 19.1. The molecule has 2 amide bonds. The van der Waals surface area contributed by atoms with Crippen LogP contribution >= 0.6 is 0 Å². The van der Waals surface area contributed by atoms with E-state index in [-0.39, 0.29) is 23.4 Å². The number of nitrogens with one attached hydrogen (secondary N) is 1. The second kappa shape index (κ2) is 6.78. The average Bonchev–Trinajstić information content (AvgIpc) is 3.02. The van der Waals surface area contributed by atoms with E-state index in [2.05, 4.69) is 5.32 Å². The number of amides is 2. The molecular weight excluding hydrogens is 347 g/mol. The normalized spacial score (nSPS) is 21.0. The van der Waals surface area contributed by atoms with Crippen molar-refractivity contribution in [2.45, 2.75) is 32.2 Å². The number of nitrogens with zero attached hydrogens (tertiary/aromatic N) is 1. The molecule has 1 saturated heterocycles. The third kappa shape index (κ3) is 3.21. The van der Waals surface area contributed by atoms with Gasteiger partial charge in [-0.25, -0.2) is 9.45 Å². The first-order chi connectivity index (χ1) is 13.0. The molecule has 1 fully saturated rings. The van der Waals surface area contributed by atoms with Gasteiger partial charge in [-0.05, 0) is 55.0 Å². The summed E-state index contributed by atoms with van der Waals surface area (Å²) in [7, 11) is 0. The SMILES string of the molecule is O=C(c1ccc2c(c1)CC[C@]1(CCNC1=O)C2)N(O)Cc1ccccc1F. The van der Waals surface area contributed by atoms with E-state index in [4.69, 9.17) is 0 Å². The van der Waals surface area contributed by atoms with Crippen LogP contribution in [0.4, 0.5) is 4.39 Å². The molecule has 0 aromatic heterocycles. The molecule has 1 aliphatic heterocycles. The standard InChI is InChI=1S/C21H21FN2O3/c22-18-4-2-1-3-17(18)13-24(27)19(25)15-5-6-16-12-21(8-7-14(16)11-15)9-10-23-20(21)26/h1-6,11,27H,7-10,12-13H2,(H,23,26)/t21-/m0/s1. The van der Waals surface area contributed by atoms with Crippen molar-refractivity contribution >= 4 is 11.8 Å². The Morgan fingerprint density at radius 2 is 2.00 bits per heavy atom. The van der Waals surface area contributed by atoms with Gasteiger partial charge in [0.15, 0.2) is 0 Å². The number of hydroxylamine groups is 2. The molecule has 27 heavy (non-hydrogen) atoms. The Balaban J connectivity index is 1.51. The quantitative estimate of drug-likeness (QED) is 0.647. The second-order valence-electron chi connectivity index (χ2n) is 7.40. The maximum Gasteiger partial charge on any atom is 0.277 e. The zero-order chi connectivity index (χ0) is 19.0. The van der Waals surface area contributed by atoms with Crippen LogP contribution in [0, 0.1) is 11.2 Å². The molecule has 2 N–H and O–H groups in total. The Hall–Kier alpha value is -2.73. The van der Waals surface area contributed by atoms with Crippen LogP contribution in [-0.2, 0) is 24.2 Å². The summed E-state index contributed by atoms with van der Waals surface area (Å²) in [5, 5.41) is 13.6. The minimum Gasteiger partial charge on any atom is -0.356 e. The van der Waals surface area contributed by atoms with Gasteiger partial charge < -0.3 is 5.32 Å². The molecule has 4 rings (SSSR count). The molecule has 2 aliphatic rings. The van der Waals surface area contributed by atoms with Crippen molar-refractivity contribution < 1.29 is 19.2 Å². The van der Waals surface area contributed by atoms with Gasteiger partial charge in [0.25, 0.3) is 5.91 Å². The summed E-state index contributed by atoms with van der Waals surface area (Å²) < 4.78 is 13.7. The van der Waals surface area contributed by atoms with Crippen molar-refractivity contribution in [1.29, 1.82) is 0 Å². The summed E-state index contributed by atoms with van der Waals surface area (Å²) in [6.07, 6.45) is 3.02. The first kappa shape index (κ1) is 17.7. The summed E-state index contributed by atoms with van der Waals surface area (Å²) in [5.41, 5.74) is 2.41.